The fourth-order valence-corrected chi connectivity index (χ4v) is 1.21. The molecule has 1 radical (unpaired) electrons. The van der Waals surface area contributed by atoms with Gasteiger partial charge in [0.1, 0.15) is 0 Å². The topological polar surface area (TPSA) is 63.6 Å². The molecule has 0 saturated carbocycles. The van der Waals surface area contributed by atoms with E-state index in [1.54, 1.807) is 6.07 Å². The minimum absolute atomic E-state index is 0. The van der Waals surface area contributed by atoms with Crippen molar-refractivity contribution in [2.45, 2.75) is 4.90 Å². The summed E-state index contributed by atoms with van der Waals surface area (Å²) in [5.41, 5.74) is 0. The minimum atomic E-state index is -3.94. The first-order chi connectivity index (χ1) is 5.17. The van der Waals surface area contributed by atoms with Gasteiger partial charge in [-0.1, -0.05) is 18.2 Å². The van der Waals surface area contributed by atoms with Crippen molar-refractivity contribution in [1.29, 1.82) is 0 Å². The summed E-state index contributed by atoms with van der Waals surface area (Å²) in [7, 11) is -3.94. The van der Waals surface area contributed by atoms with Crippen molar-refractivity contribution in [3.8, 4) is 0 Å². The average Bonchev–Trinajstić information content (AvgIpc) is 2.06. The van der Waals surface area contributed by atoms with E-state index in [1.807, 2.05) is 0 Å². The molecule has 0 heterocycles. The maximum Gasteiger partial charge on any atom is 0.323 e. The zero-order valence-electron chi connectivity index (χ0n) is 6.47. The van der Waals surface area contributed by atoms with Gasteiger partial charge in [0.05, 0.1) is 4.90 Å². The van der Waals surface area contributed by atoms with E-state index in [-0.39, 0.29) is 23.8 Å². The van der Waals surface area contributed by atoms with Crippen molar-refractivity contribution >= 4 is 29.0 Å². The molecule has 0 aliphatic heterocycles. The van der Waals surface area contributed by atoms with Gasteiger partial charge in [-0.15, -0.1) is 4.33 Å². The predicted molar refractivity (Wildman–Crippen MR) is 43.1 cm³/mol. The summed E-state index contributed by atoms with van der Waals surface area (Å²) in [6.45, 7) is 0. The largest absolute Gasteiger partial charge is 0.323 e. The third-order valence-corrected chi connectivity index (χ3v) is 2.18. The maximum atomic E-state index is 10.7. The third kappa shape index (κ3) is 2.63. The number of rotatable bonds is 2. The van der Waals surface area contributed by atoms with Crippen LogP contribution in [0.15, 0.2) is 35.2 Å². The van der Waals surface area contributed by atoms with Crippen LogP contribution in [0.5, 0.6) is 0 Å². The summed E-state index contributed by atoms with van der Waals surface area (Å²) in [5.74, 6) is 0. The Morgan fingerprint density at radius 3 is 2.08 bits per heavy atom. The molecule has 1 aromatic rings. The third-order valence-electron chi connectivity index (χ3n) is 1.13. The van der Waals surface area contributed by atoms with Crippen LogP contribution < -0.4 is 0 Å². The first kappa shape index (κ1) is 11.7. The van der Waals surface area contributed by atoms with Gasteiger partial charge in [-0.2, -0.15) is 8.42 Å². The average molecular weight is 181 g/mol. The molecule has 0 aromatic heterocycles. The molecule has 0 spiro atoms. The Balaban J connectivity index is 0.00000121. The molecule has 1 aromatic carbocycles. The zero-order chi connectivity index (χ0) is 8.32. The number of benzene rings is 1. The van der Waals surface area contributed by atoms with Crippen molar-refractivity contribution in [3.63, 3.8) is 0 Å². The quantitative estimate of drug-likeness (QED) is 0.409. The molecule has 0 fully saturated rings. The fourth-order valence-electron chi connectivity index (χ4n) is 0.630. The van der Waals surface area contributed by atoms with E-state index in [4.69, 9.17) is 5.26 Å². The van der Waals surface area contributed by atoms with E-state index in [1.165, 1.54) is 24.3 Å². The summed E-state index contributed by atoms with van der Waals surface area (Å²) < 4.78 is 24.8. The van der Waals surface area contributed by atoms with E-state index in [0.29, 0.717) is 0 Å². The Morgan fingerprint density at radius 2 is 1.67 bits per heavy atom. The molecule has 6 heteroatoms. The summed E-state index contributed by atoms with van der Waals surface area (Å²) in [6, 6.07) is 7.38. The monoisotopic (exact) mass is 181 g/mol. The number of hydrogen-bond acceptors (Lipinski definition) is 4. The van der Waals surface area contributed by atoms with Gasteiger partial charge >= 0.3 is 10.1 Å². The van der Waals surface area contributed by atoms with Crippen LogP contribution in [-0.4, -0.2) is 32.5 Å². The Morgan fingerprint density at radius 1 is 1.17 bits per heavy atom. The van der Waals surface area contributed by atoms with Crippen LogP contribution in [0.4, 0.5) is 0 Å². The molecule has 0 saturated heterocycles. The first-order valence-corrected chi connectivity index (χ1v) is 4.21. The first-order valence-electron chi connectivity index (χ1n) is 2.80. The van der Waals surface area contributed by atoms with Crippen molar-refractivity contribution in [2.75, 3.05) is 0 Å². The second-order valence-electron chi connectivity index (χ2n) is 1.84. The maximum absolute atomic E-state index is 10.7. The molecule has 0 atom stereocenters. The molecular weight excluding hydrogens is 175 g/mol. The summed E-state index contributed by atoms with van der Waals surface area (Å²) in [4.78, 5) is -0.0671. The van der Waals surface area contributed by atoms with Gasteiger partial charge in [-0.3, -0.25) is 0 Å². The van der Waals surface area contributed by atoms with Gasteiger partial charge in [0.2, 0.25) is 0 Å². The van der Waals surface area contributed by atoms with E-state index >= 15 is 0 Å². The predicted octanol–water partition coefficient (Wildman–Crippen LogP) is 0.484. The molecule has 4 nitrogen and oxygen atoms in total. The van der Waals surface area contributed by atoms with E-state index in [0.717, 1.165) is 0 Å². The van der Waals surface area contributed by atoms with Crippen LogP contribution in [0.2, 0.25) is 0 Å². The van der Waals surface area contributed by atoms with Crippen LogP contribution in [0.1, 0.15) is 0 Å². The molecule has 0 aliphatic rings. The summed E-state index contributed by atoms with van der Waals surface area (Å²) in [6.07, 6.45) is 0. The van der Waals surface area contributed by atoms with Gasteiger partial charge in [0, 0.05) is 18.9 Å². The van der Waals surface area contributed by atoms with E-state index < -0.39 is 10.1 Å². The molecule has 1 rings (SSSR count). The van der Waals surface area contributed by atoms with Gasteiger partial charge in [-0.05, 0) is 12.1 Å². The molecule has 0 unspecified atom stereocenters. The van der Waals surface area contributed by atoms with Gasteiger partial charge in [0.15, 0.2) is 0 Å². The van der Waals surface area contributed by atoms with Crippen LogP contribution >= 0.6 is 0 Å². The molecule has 61 valence electrons. The van der Waals surface area contributed by atoms with E-state index in [9.17, 15) is 8.42 Å². The van der Waals surface area contributed by atoms with Crippen LogP contribution in [-0.2, 0) is 14.5 Å². The van der Waals surface area contributed by atoms with Crippen molar-refractivity contribution in [2.24, 2.45) is 0 Å². The Kier molecular flexibility index (Phi) is 4.53. The Labute approximate surface area is 82.4 Å². The van der Waals surface area contributed by atoms with Crippen LogP contribution in [0.25, 0.3) is 0 Å². The van der Waals surface area contributed by atoms with Crippen LogP contribution in [0.3, 0.4) is 0 Å². The molecule has 1 N–H and O–H groups in total. The van der Waals surface area contributed by atoms with Crippen molar-refractivity contribution in [3.05, 3.63) is 30.3 Å². The van der Waals surface area contributed by atoms with Crippen LogP contribution in [0, 0.1) is 0 Å². The molecular formula is C6H6LiO4S. The second kappa shape index (κ2) is 4.65. The fraction of sp³-hybridized carbons (Fsp3) is 0. The smallest absolute Gasteiger partial charge is 0.235 e. The summed E-state index contributed by atoms with van der Waals surface area (Å²) >= 11 is 0. The van der Waals surface area contributed by atoms with Gasteiger partial charge in [0.25, 0.3) is 0 Å². The zero-order valence-corrected chi connectivity index (χ0v) is 7.28. The second-order valence-corrected chi connectivity index (χ2v) is 3.37. The Bertz CT molecular complexity index is 321. The van der Waals surface area contributed by atoms with Gasteiger partial charge in [-0.25, -0.2) is 5.26 Å². The number of hydrogen-bond donors (Lipinski definition) is 1. The molecule has 12 heavy (non-hydrogen) atoms. The van der Waals surface area contributed by atoms with Crippen molar-refractivity contribution in [1.82, 2.24) is 0 Å². The van der Waals surface area contributed by atoms with Crippen molar-refractivity contribution < 1.29 is 18.0 Å². The minimum Gasteiger partial charge on any atom is -0.235 e. The van der Waals surface area contributed by atoms with E-state index in [2.05, 4.69) is 4.33 Å². The summed E-state index contributed by atoms with van der Waals surface area (Å²) in [5, 5.41) is 7.96. The SMILES string of the molecule is O=S(=O)(OO)c1ccccc1.[Li]. The molecule has 0 bridgehead atoms. The molecule has 0 amide bonds. The normalized spacial score (nSPS) is 10.4. The van der Waals surface area contributed by atoms with Gasteiger partial charge < -0.3 is 0 Å². The molecule has 0 aliphatic carbocycles. The Hall–Kier alpha value is -0.313. The standard InChI is InChI=1S/C6H6O4S.Li/c7-10-11(8,9)6-4-2-1-3-5-6;/h1-5,7H;.